The zero-order chi connectivity index (χ0) is 32.6. The molecule has 3 aromatic rings. The maximum Gasteiger partial charge on any atom is 0.333 e. The van der Waals surface area contributed by atoms with Crippen molar-refractivity contribution in [2.75, 3.05) is 13.6 Å². The fraction of sp³-hybridized carbons (Fsp3) is 0.212. The Hall–Kier alpha value is -5.52. The first-order chi connectivity index (χ1) is 21.7. The average Bonchev–Trinajstić information content (AvgIpc) is 3.04. The summed E-state index contributed by atoms with van der Waals surface area (Å²) in [5.74, 6) is -2.18. The van der Waals surface area contributed by atoms with Crippen molar-refractivity contribution in [2.45, 2.75) is 32.1 Å². The normalized spacial score (nSPS) is 10.4. The molecule has 10 nitrogen and oxygen atoms in total. The Balaban J connectivity index is 1.46. The first kappa shape index (κ1) is 34.0. The molecule has 0 atom stereocenters. The molecule has 0 unspecified atom stereocenters. The Labute approximate surface area is 257 Å². The van der Waals surface area contributed by atoms with Gasteiger partial charge in [0.25, 0.3) is 6.43 Å². The van der Waals surface area contributed by atoms with E-state index in [1.807, 2.05) is 0 Å². The minimum absolute atomic E-state index is 0.0340. The van der Waals surface area contributed by atoms with Crippen molar-refractivity contribution in [3.8, 4) is 23.0 Å². The molecule has 0 N–H and O–H groups in total. The van der Waals surface area contributed by atoms with Crippen molar-refractivity contribution < 1.29 is 56.4 Å². The Morgan fingerprint density at radius 2 is 1.09 bits per heavy atom. The molecular formula is C33H30F2O10. The van der Waals surface area contributed by atoms with Gasteiger partial charge in [-0.2, -0.15) is 0 Å². The SMILES string of the molecule is C=CC(=O)OCOc1ccc(CCC(=O)Oc2ccc(OC(=O)CCc3ccc(OCOC(=O)C=C)cc3)c(C(F)F)c2)cc1. The Bertz CT molecular complexity index is 1480. The summed E-state index contributed by atoms with van der Waals surface area (Å²) < 4.78 is 57.9. The standard InChI is InChI=1S/C33H30F2O10/c1-3-29(36)42-20-40-24-11-5-22(6-12-24)9-17-31(38)44-26-15-16-28(27(19-26)33(34)35)45-32(39)18-10-23-7-13-25(14-8-23)41-21-43-30(37)4-2/h3-8,11-16,19,33H,1-2,9-10,17-18,20-21H2. The molecule has 0 spiro atoms. The molecule has 0 aromatic heterocycles. The van der Waals surface area contributed by atoms with E-state index < -0.39 is 35.9 Å². The van der Waals surface area contributed by atoms with Gasteiger partial charge in [-0.25, -0.2) is 18.4 Å². The summed E-state index contributed by atoms with van der Waals surface area (Å²) in [7, 11) is 0. The first-order valence-corrected chi connectivity index (χ1v) is 13.5. The zero-order valence-corrected chi connectivity index (χ0v) is 24.1. The smallest absolute Gasteiger partial charge is 0.333 e. The summed E-state index contributed by atoms with van der Waals surface area (Å²) in [6.07, 6.45) is -0.514. The lowest BCUT2D eigenvalue weighted by molar-refractivity contribution is -0.145. The highest BCUT2D eigenvalue weighted by molar-refractivity contribution is 5.81. The Morgan fingerprint density at radius 1 is 0.644 bits per heavy atom. The van der Waals surface area contributed by atoms with Gasteiger partial charge in [0, 0.05) is 25.0 Å². The van der Waals surface area contributed by atoms with Crippen LogP contribution in [0.4, 0.5) is 8.78 Å². The number of ether oxygens (including phenoxy) is 6. The Kier molecular flexibility index (Phi) is 13.3. The second-order valence-corrected chi connectivity index (χ2v) is 9.10. The second kappa shape index (κ2) is 17.6. The largest absolute Gasteiger partial charge is 0.457 e. The summed E-state index contributed by atoms with van der Waals surface area (Å²) in [6.45, 7) is 5.99. The van der Waals surface area contributed by atoms with Crippen LogP contribution in [0.2, 0.25) is 0 Å². The molecule has 0 aliphatic carbocycles. The van der Waals surface area contributed by atoms with Crippen LogP contribution in [0, 0.1) is 0 Å². The van der Waals surface area contributed by atoms with Crippen LogP contribution in [0.25, 0.3) is 0 Å². The van der Waals surface area contributed by atoms with Gasteiger partial charge in [-0.3, -0.25) is 9.59 Å². The average molecular weight is 625 g/mol. The first-order valence-electron chi connectivity index (χ1n) is 13.5. The molecule has 0 aliphatic rings. The summed E-state index contributed by atoms with van der Waals surface area (Å²) in [5, 5.41) is 0. The van der Waals surface area contributed by atoms with Crippen LogP contribution in [-0.4, -0.2) is 37.5 Å². The van der Waals surface area contributed by atoms with Crippen LogP contribution in [-0.2, 0) is 41.5 Å². The van der Waals surface area contributed by atoms with E-state index in [1.165, 1.54) is 6.07 Å². The van der Waals surface area contributed by atoms with Gasteiger partial charge in [0.2, 0.25) is 13.6 Å². The summed E-state index contributed by atoms with van der Waals surface area (Å²) in [6, 6.07) is 16.7. The number of carbonyl (C=O) groups excluding carboxylic acids is 4. The van der Waals surface area contributed by atoms with E-state index in [0.717, 1.165) is 35.4 Å². The molecule has 0 saturated heterocycles. The molecule has 3 rings (SSSR count). The summed E-state index contributed by atoms with van der Waals surface area (Å²) in [4.78, 5) is 46.8. The van der Waals surface area contributed by atoms with Gasteiger partial charge in [-0.05, 0) is 66.4 Å². The van der Waals surface area contributed by atoms with Gasteiger partial charge in [-0.1, -0.05) is 37.4 Å². The van der Waals surface area contributed by atoms with E-state index in [0.29, 0.717) is 17.9 Å². The van der Waals surface area contributed by atoms with Gasteiger partial charge in [0.15, 0.2) is 0 Å². The molecule has 0 heterocycles. The molecule has 12 heteroatoms. The number of halogens is 2. The van der Waals surface area contributed by atoms with Gasteiger partial charge < -0.3 is 28.4 Å². The molecule has 0 amide bonds. The highest BCUT2D eigenvalue weighted by Crippen LogP contribution is 2.33. The molecule has 0 fully saturated rings. The topological polar surface area (TPSA) is 124 Å². The number of hydrogen-bond acceptors (Lipinski definition) is 10. The van der Waals surface area contributed by atoms with Crippen LogP contribution in [0.5, 0.6) is 23.0 Å². The molecular weight excluding hydrogens is 594 g/mol. The van der Waals surface area contributed by atoms with Crippen molar-refractivity contribution in [2.24, 2.45) is 0 Å². The summed E-state index contributed by atoms with van der Waals surface area (Å²) >= 11 is 0. The lowest BCUT2D eigenvalue weighted by Crippen LogP contribution is -2.12. The number of carbonyl (C=O) groups is 4. The van der Waals surface area contributed by atoms with E-state index in [2.05, 4.69) is 13.2 Å². The van der Waals surface area contributed by atoms with Gasteiger partial charge in [0.1, 0.15) is 23.0 Å². The third-order valence-electron chi connectivity index (χ3n) is 5.94. The molecule has 3 aromatic carbocycles. The van der Waals surface area contributed by atoms with E-state index in [4.69, 9.17) is 28.4 Å². The highest BCUT2D eigenvalue weighted by atomic mass is 19.3. The lowest BCUT2D eigenvalue weighted by atomic mass is 10.1. The van der Waals surface area contributed by atoms with Crippen LogP contribution in [0.3, 0.4) is 0 Å². The van der Waals surface area contributed by atoms with E-state index >= 15 is 0 Å². The van der Waals surface area contributed by atoms with Crippen molar-refractivity contribution in [1.29, 1.82) is 0 Å². The molecule has 0 aliphatic heterocycles. The molecule has 236 valence electrons. The fourth-order valence-corrected chi connectivity index (χ4v) is 3.64. The van der Waals surface area contributed by atoms with E-state index in [-0.39, 0.29) is 44.3 Å². The lowest BCUT2D eigenvalue weighted by Gasteiger charge is -2.12. The molecule has 0 radical (unpaired) electrons. The molecule has 0 saturated carbocycles. The minimum Gasteiger partial charge on any atom is -0.457 e. The monoisotopic (exact) mass is 624 g/mol. The zero-order valence-electron chi connectivity index (χ0n) is 24.1. The Morgan fingerprint density at radius 3 is 1.53 bits per heavy atom. The quantitative estimate of drug-likeness (QED) is 0.0784. The highest BCUT2D eigenvalue weighted by Gasteiger charge is 2.19. The second-order valence-electron chi connectivity index (χ2n) is 9.10. The van der Waals surface area contributed by atoms with Gasteiger partial charge in [0.05, 0.1) is 5.56 Å². The number of hydrogen-bond donors (Lipinski definition) is 0. The van der Waals surface area contributed by atoms with Gasteiger partial charge >= 0.3 is 23.9 Å². The number of esters is 4. The number of rotatable bonds is 17. The van der Waals surface area contributed by atoms with Crippen molar-refractivity contribution in [3.05, 3.63) is 109 Å². The third-order valence-corrected chi connectivity index (χ3v) is 5.94. The molecule has 0 bridgehead atoms. The van der Waals surface area contributed by atoms with Crippen LogP contribution < -0.4 is 18.9 Å². The van der Waals surface area contributed by atoms with Crippen LogP contribution in [0.15, 0.2) is 92.0 Å². The number of benzene rings is 3. The predicted molar refractivity (Wildman–Crippen MR) is 156 cm³/mol. The minimum atomic E-state index is -2.99. The predicted octanol–water partition coefficient (Wildman–Crippen LogP) is 5.83. The van der Waals surface area contributed by atoms with Crippen molar-refractivity contribution in [1.82, 2.24) is 0 Å². The fourth-order valence-electron chi connectivity index (χ4n) is 3.64. The molecule has 45 heavy (non-hydrogen) atoms. The number of alkyl halides is 2. The van der Waals surface area contributed by atoms with Gasteiger partial charge in [-0.15, -0.1) is 0 Å². The van der Waals surface area contributed by atoms with Crippen LogP contribution in [0.1, 0.15) is 36.0 Å². The third kappa shape index (κ3) is 11.9. The maximum atomic E-state index is 13.8. The van der Waals surface area contributed by atoms with E-state index in [9.17, 15) is 28.0 Å². The van der Waals surface area contributed by atoms with E-state index in [1.54, 1.807) is 48.5 Å². The van der Waals surface area contributed by atoms with Crippen molar-refractivity contribution in [3.63, 3.8) is 0 Å². The van der Waals surface area contributed by atoms with Crippen LogP contribution >= 0.6 is 0 Å². The van der Waals surface area contributed by atoms with Crippen molar-refractivity contribution >= 4 is 23.9 Å². The maximum absolute atomic E-state index is 13.8. The number of aryl methyl sites for hydroxylation is 2. The summed E-state index contributed by atoms with van der Waals surface area (Å²) in [5.41, 5.74) is 0.949.